The van der Waals surface area contributed by atoms with E-state index < -0.39 is 28.1 Å². The number of alkyl halides is 3. The molecular weight excluding hydrogens is 406 g/mol. The van der Waals surface area contributed by atoms with Gasteiger partial charge in [0.1, 0.15) is 12.4 Å². The fraction of sp³-hybridized carbons (Fsp3) is 0.412. The molecule has 0 unspecified atom stereocenters. The fourth-order valence-electron chi connectivity index (χ4n) is 1.35. The van der Waals surface area contributed by atoms with E-state index in [4.69, 9.17) is 0 Å². The molecule has 0 atom stereocenters. The van der Waals surface area contributed by atoms with Crippen molar-refractivity contribution in [3.63, 3.8) is 0 Å². The zero-order valence-corrected chi connectivity index (χ0v) is 16.7. The van der Waals surface area contributed by atoms with Crippen LogP contribution in [0.4, 0.5) is 17.6 Å². The Labute approximate surface area is 161 Å². The number of nitrogens with one attached hydrogen (secondary N) is 1. The van der Waals surface area contributed by atoms with Gasteiger partial charge in [-0.15, -0.1) is 0 Å². The Hall–Kier alpha value is -2.27. The van der Waals surface area contributed by atoms with Crippen molar-refractivity contribution in [1.29, 1.82) is 0 Å². The molecule has 0 saturated carbocycles. The van der Waals surface area contributed by atoms with Crippen molar-refractivity contribution in [1.82, 2.24) is 5.32 Å². The molecule has 1 aromatic carbocycles. The summed E-state index contributed by atoms with van der Waals surface area (Å²) in [4.78, 5) is 21.9. The summed E-state index contributed by atoms with van der Waals surface area (Å²) >= 11 is 0. The maximum absolute atomic E-state index is 12.2. The highest BCUT2D eigenvalue weighted by Gasteiger charge is 2.47. The first-order valence-corrected chi connectivity index (χ1v) is 9.49. The van der Waals surface area contributed by atoms with Crippen LogP contribution in [0.15, 0.2) is 36.2 Å². The molecule has 1 N–H and O–H groups in total. The molecule has 0 aliphatic rings. The Bertz CT molecular complexity index is 746. The molecular formula is C17H23F4NO5S. The van der Waals surface area contributed by atoms with Gasteiger partial charge in [0.05, 0.1) is 0 Å². The van der Waals surface area contributed by atoms with Gasteiger partial charge >= 0.3 is 15.6 Å². The summed E-state index contributed by atoms with van der Waals surface area (Å²) in [7, 11) is -5.68. The average molecular weight is 429 g/mol. The first-order valence-electron chi connectivity index (χ1n) is 8.08. The van der Waals surface area contributed by atoms with Gasteiger partial charge < -0.3 is 5.32 Å². The first kappa shape index (κ1) is 27.9. The molecule has 0 heterocycles. The van der Waals surface area contributed by atoms with E-state index in [9.17, 15) is 35.6 Å². The van der Waals surface area contributed by atoms with Gasteiger partial charge in [0.15, 0.2) is 6.29 Å². The number of hydrogen-bond donors (Lipinski definition) is 1. The third-order valence-electron chi connectivity index (χ3n) is 2.62. The molecule has 1 amide bonds. The van der Waals surface area contributed by atoms with Crippen molar-refractivity contribution in [2.75, 3.05) is 13.2 Å². The largest absolute Gasteiger partial charge is 0.523 e. The quantitative estimate of drug-likeness (QED) is 0.320. The maximum atomic E-state index is 12.2. The molecule has 0 aromatic heterocycles. The number of halogens is 4. The Morgan fingerprint density at radius 1 is 1.21 bits per heavy atom. The summed E-state index contributed by atoms with van der Waals surface area (Å²) in [5.74, 6) is -1.29. The summed E-state index contributed by atoms with van der Waals surface area (Å²) in [6.45, 7) is 6.35. The van der Waals surface area contributed by atoms with E-state index in [2.05, 4.69) is 9.50 Å². The fourth-order valence-corrected chi connectivity index (χ4v) is 1.75. The van der Waals surface area contributed by atoms with Crippen molar-refractivity contribution in [2.24, 2.45) is 0 Å². The Kier molecular flexibility index (Phi) is 13.8. The number of benzene rings is 1. The highest BCUT2D eigenvalue weighted by atomic mass is 32.2. The summed E-state index contributed by atoms with van der Waals surface area (Å²) in [5.41, 5.74) is -4.66. The molecule has 28 heavy (non-hydrogen) atoms. The third kappa shape index (κ3) is 10.2. The van der Waals surface area contributed by atoms with Gasteiger partial charge in [-0.25, -0.2) is 4.39 Å². The average Bonchev–Trinajstić information content (AvgIpc) is 2.67. The van der Waals surface area contributed by atoms with E-state index in [1.165, 1.54) is 6.92 Å². The van der Waals surface area contributed by atoms with Crippen LogP contribution >= 0.6 is 0 Å². The van der Waals surface area contributed by atoms with E-state index >= 15 is 0 Å². The van der Waals surface area contributed by atoms with Crippen LogP contribution in [0, 0.1) is 0 Å². The summed E-state index contributed by atoms with van der Waals surface area (Å²) in [6, 6.07) is 6.72. The summed E-state index contributed by atoms with van der Waals surface area (Å²) < 4.78 is 70.4. The number of allylic oxidation sites excluding steroid dienone is 1. The molecule has 0 bridgehead atoms. The smallest absolute Gasteiger partial charge is 0.352 e. The minimum Gasteiger partial charge on any atom is -0.352 e. The van der Waals surface area contributed by atoms with Gasteiger partial charge in [-0.3, -0.25) is 13.8 Å². The van der Waals surface area contributed by atoms with Crippen molar-refractivity contribution in [2.45, 2.75) is 33.2 Å². The van der Waals surface area contributed by atoms with Gasteiger partial charge in [0.2, 0.25) is 0 Å². The van der Waals surface area contributed by atoms with Crippen LogP contribution in [-0.2, 0) is 14.3 Å². The molecule has 1 rings (SSSR count). The van der Waals surface area contributed by atoms with E-state index in [1.807, 2.05) is 20.8 Å². The van der Waals surface area contributed by atoms with Crippen LogP contribution in [0.25, 0.3) is 0 Å². The lowest BCUT2D eigenvalue weighted by atomic mass is 10.1. The minimum atomic E-state index is -5.68. The van der Waals surface area contributed by atoms with Crippen LogP contribution in [-0.4, -0.2) is 39.3 Å². The Morgan fingerprint density at radius 2 is 1.75 bits per heavy atom. The topological polar surface area (TPSA) is 89.5 Å². The molecule has 0 aliphatic heterocycles. The second kappa shape index (κ2) is 13.8. The van der Waals surface area contributed by atoms with E-state index in [-0.39, 0.29) is 5.91 Å². The van der Waals surface area contributed by atoms with Gasteiger partial charge in [-0.05, 0) is 19.9 Å². The molecule has 0 radical (unpaired) electrons. The van der Waals surface area contributed by atoms with Gasteiger partial charge in [0, 0.05) is 17.7 Å². The van der Waals surface area contributed by atoms with Gasteiger partial charge in [-0.2, -0.15) is 21.6 Å². The number of carbonyl (C=O) groups excluding carboxylic acids is 2. The van der Waals surface area contributed by atoms with Gasteiger partial charge in [-0.1, -0.05) is 38.1 Å². The van der Waals surface area contributed by atoms with Crippen LogP contribution < -0.4 is 5.32 Å². The van der Waals surface area contributed by atoms with Crippen molar-refractivity contribution in [3.05, 3.63) is 47.3 Å². The Balaban J connectivity index is 0. The number of aldehydes is 1. The second-order valence-corrected chi connectivity index (χ2v) is 6.07. The van der Waals surface area contributed by atoms with Crippen LogP contribution in [0.3, 0.4) is 0 Å². The summed E-state index contributed by atoms with van der Waals surface area (Å²) in [5, 5.41) is 2.64. The summed E-state index contributed by atoms with van der Waals surface area (Å²) in [6.07, 6.45) is 1.48. The molecule has 0 spiro atoms. The lowest BCUT2D eigenvalue weighted by molar-refractivity contribution is -0.0538. The monoisotopic (exact) mass is 429 g/mol. The van der Waals surface area contributed by atoms with E-state index in [0.717, 1.165) is 6.08 Å². The van der Waals surface area contributed by atoms with E-state index in [1.54, 1.807) is 24.3 Å². The molecule has 160 valence electrons. The molecule has 6 nitrogen and oxygen atoms in total. The number of hydrogen-bond acceptors (Lipinski definition) is 5. The van der Waals surface area contributed by atoms with Crippen LogP contribution in [0.5, 0.6) is 0 Å². The third-order valence-corrected chi connectivity index (χ3v) is 3.61. The lowest BCUT2D eigenvalue weighted by Crippen LogP contribution is -2.25. The maximum Gasteiger partial charge on any atom is 0.523 e. The van der Waals surface area contributed by atoms with Crippen LogP contribution in [0.1, 0.15) is 48.4 Å². The molecule has 1 aromatic rings. The standard InChI is InChI=1S/C10H11NO2.C5H6F4O3S.C2H6/c1-2-11-10(13)9-6-4-3-5-8(9)7-12;1-2-4(6)3-12-13(10,11)5(7,8)9;1-2/h3-7H,2H2,1H3,(H,11,13);2H,3H2,1H3;1-2H3/b;4-2-;. The number of amides is 1. The predicted octanol–water partition coefficient (Wildman–Crippen LogP) is 4.00. The van der Waals surface area contributed by atoms with Gasteiger partial charge in [0.25, 0.3) is 5.91 Å². The number of rotatable bonds is 6. The SMILES string of the molecule is C/C=C(\F)COS(=O)(=O)C(F)(F)F.CC.CCNC(=O)c1ccccc1C=O. The van der Waals surface area contributed by atoms with Crippen molar-refractivity contribution in [3.8, 4) is 0 Å². The lowest BCUT2D eigenvalue weighted by Gasteiger charge is -2.06. The molecule has 11 heteroatoms. The molecule has 0 fully saturated rings. The predicted molar refractivity (Wildman–Crippen MR) is 97.0 cm³/mol. The van der Waals surface area contributed by atoms with Crippen molar-refractivity contribution < 1.29 is 39.8 Å². The first-order chi connectivity index (χ1) is 13.0. The normalized spacial score (nSPS) is 11.4. The number of carbonyl (C=O) groups is 2. The highest BCUT2D eigenvalue weighted by molar-refractivity contribution is 7.87. The zero-order valence-electron chi connectivity index (χ0n) is 15.8. The second-order valence-electron chi connectivity index (χ2n) is 4.46. The molecule has 0 aliphatic carbocycles. The van der Waals surface area contributed by atoms with Crippen molar-refractivity contribution >= 4 is 22.3 Å². The Morgan fingerprint density at radius 3 is 2.18 bits per heavy atom. The van der Waals surface area contributed by atoms with Crippen LogP contribution in [0.2, 0.25) is 0 Å². The minimum absolute atomic E-state index is 0.204. The highest BCUT2D eigenvalue weighted by Crippen LogP contribution is 2.24. The van der Waals surface area contributed by atoms with E-state index in [0.29, 0.717) is 24.0 Å². The zero-order chi connectivity index (χ0) is 22.4. The molecule has 0 saturated heterocycles.